The molecule has 2 atom stereocenters. The molecule has 0 radical (unpaired) electrons. The Kier molecular flexibility index (Phi) is 3.98. The summed E-state index contributed by atoms with van der Waals surface area (Å²) in [5.41, 5.74) is 0. The zero-order valence-electron chi connectivity index (χ0n) is 10.1. The lowest BCUT2D eigenvalue weighted by Crippen LogP contribution is -2.28. The second-order valence-electron chi connectivity index (χ2n) is 3.94. The van der Waals surface area contributed by atoms with Crippen molar-refractivity contribution in [3.8, 4) is 0 Å². The second kappa shape index (κ2) is 5.07. The van der Waals surface area contributed by atoms with Crippen LogP contribution < -0.4 is 0 Å². The lowest BCUT2D eigenvalue weighted by atomic mass is 9.89. The van der Waals surface area contributed by atoms with Crippen molar-refractivity contribution in [2.24, 2.45) is 11.8 Å². The summed E-state index contributed by atoms with van der Waals surface area (Å²) in [5, 5.41) is 0. The van der Waals surface area contributed by atoms with Gasteiger partial charge in [-0.25, -0.2) is 0 Å². The van der Waals surface area contributed by atoms with Crippen molar-refractivity contribution >= 4 is 23.6 Å². The quantitative estimate of drug-likeness (QED) is 0.385. The number of hydrogen-bond acceptors (Lipinski definition) is 5. The normalized spacial score (nSPS) is 24.1. The molecule has 6 heteroatoms. The Labute approximate surface area is 98.9 Å². The molecule has 0 aliphatic carbocycles. The topological polar surface area (TPSA) is 80.8 Å². The van der Waals surface area contributed by atoms with Gasteiger partial charge in [-0.15, -0.1) is 0 Å². The van der Waals surface area contributed by atoms with Crippen LogP contribution in [0, 0.1) is 11.8 Å². The molecular formula is C11H15NO5. The molecule has 0 N–H and O–H groups in total. The highest BCUT2D eigenvalue weighted by Gasteiger charge is 2.49. The number of imide groups is 1. The van der Waals surface area contributed by atoms with Gasteiger partial charge in [0.15, 0.2) is 0 Å². The van der Waals surface area contributed by atoms with Gasteiger partial charge in [0, 0.05) is 7.05 Å². The van der Waals surface area contributed by atoms with Crippen molar-refractivity contribution in [1.82, 2.24) is 4.90 Å². The first-order chi connectivity index (χ1) is 7.90. The third kappa shape index (κ3) is 2.51. The van der Waals surface area contributed by atoms with E-state index in [0.29, 0.717) is 0 Å². The summed E-state index contributed by atoms with van der Waals surface area (Å²) < 4.78 is 4.72. The monoisotopic (exact) mass is 241 g/mol. The molecule has 1 heterocycles. The Balaban J connectivity index is 2.87. The van der Waals surface area contributed by atoms with E-state index in [1.807, 2.05) is 0 Å². The Morgan fingerprint density at radius 3 is 2.35 bits per heavy atom. The molecule has 0 aromatic rings. The van der Waals surface area contributed by atoms with Gasteiger partial charge in [-0.05, 0) is 13.8 Å². The molecule has 1 saturated heterocycles. The zero-order chi connectivity index (χ0) is 13.2. The van der Waals surface area contributed by atoms with Crippen LogP contribution in [0.25, 0.3) is 0 Å². The van der Waals surface area contributed by atoms with Crippen LogP contribution in [0.4, 0.5) is 0 Å². The van der Waals surface area contributed by atoms with Crippen LogP contribution in [0.1, 0.15) is 20.3 Å². The van der Waals surface area contributed by atoms with Gasteiger partial charge in [-0.1, -0.05) is 0 Å². The van der Waals surface area contributed by atoms with Gasteiger partial charge < -0.3 is 4.74 Å². The van der Waals surface area contributed by atoms with E-state index in [1.165, 1.54) is 14.0 Å². The third-order valence-corrected chi connectivity index (χ3v) is 2.78. The van der Waals surface area contributed by atoms with Crippen LogP contribution in [-0.2, 0) is 23.9 Å². The van der Waals surface area contributed by atoms with Gasteiger partial charge >= 0.3 is 5.97 Å². The lowest BCUT2D eigenvalue weighted by molar-refractivity contribution is -0.147. The van der Waals surface area contributed by atoms with E-state index in [4.69, 9.17) is 4.74 Å². The summed E-state index contributed by atoms with van der Waals surface area (Å²) in [4.78, 5) is 46.9. The van der Waals surface area contributed by atoms with Crippen LogP contribution in [0.3, 0.4) is 0 Å². The van der Waals surface area contributed by atoms with E-state index >= 15 is 0 Å². The maximum absolute atomic E-state index is 11.7. The number of carbonyl (C=O) groups excluding carboxylic acids is 4. The van der Waals surface area contributed by atoms with Gasteiger partial charge in [-0.3, -0.25) is 24.1 Å². The Morgan fingerprint density at radius 2 is 1.88 bits per heavy atom. The maximum atomic E-state index is 11.7. The van der Waals surface area contributed by atoms with E-state index in [2.05, 4.69) is 0 Å². The molecule has 0 spiro atoms. The number of hydrogen-bond donors (Lipinski definition) is 0. The number of carbonyl (C=O) groups is 4. The Hall–Kier alpha value is -1.72. The molecule has 1 aliphatic heterocycles. The number of ether oxygens (including phenoxy) is 1. The van der Waals surface area contributed by atoms with E-state index in [1.54, 1.807) is 6.92 Å². The predicted octanol–water partition coefficient (Wildman–Crippen LogP) is -0.240. The van der Waals surface area contributed by atoms with E-state index in [0.717, 1.165) is 4.90 Å². The standard InChI is InChI=1S/C11H15NO5/c1-4-17-8(14)5-7-9(6(2)13)11(16)12(3)10(7)15/h7,9H,4-5H2,1-3H3. The third-order valence-electron chi connectivity index (χ3n) is 2.78. The van der Waals surface area contributed by atoms with E-state index in [-0.39, 0.29) is 13.0 Å². The summed E-state index contributed by atoms with van der Waals surface area (Å²) in [7, 11) is 1.31. The van der Waals surface area contributed by atoms with Gasteiger partial charge in [0.1, 0.15) is 11.7 Å². The first-order valence-electron chi connectivity index (χ1n) is 5.37. The van der Waals surface area contributed by atoms with Crippen molar-refractivity contribution in [3.05, 3.63) is 0 Å². The van der Waals surface area contributed by atoms with Crippen molar-refractivity contribution in [2.75, 3.05) is 13.7 Å². The summed E-state index contributed by atoms with van der Waals surface area (Å²) in [6.07, 6.45) is -0.229. The molecule has 1 rings (SSSR count). The minimum absolute atomic E-state index is 0.203. The molecule has 1 aliphatic rings. The fraction of sp³-hybridized carbons (Fsp3) is 0.636. The number of amides is 2. The zero-order valence-corrected chi connectivity index (χ0v) is 10.1. The SMILES string of the molecule is CCOC(=O)CC1C(=O)N(C)C(=O)C1C(C)=O. The van der Waals surface area contributed by atoms with E-state index < -0.39 is 35.4 Å². The molecule has 0 aromatic heterocycles. The van der Waals surface area contributed by atoms with Crippen molar-refractivity contribution in [2.45, 2.75) is 20.3 Å². The average Bonchev–Trinajstić information content (AvgIpc) is 2.44. The van der Waals surface area contributed by atoms with Crippen molar-refractivity contribution in [3.63, 3.8) is 0 Å². The molecule has 2 unspecified atom stereocenters. The number of nitrogens with zero attached hydrogens (tertiary/aromatic N) is 1. The highest BCUT2D eigenvalue weighted by molar-refractivity contribution is 6.15. The lowest BCUT2D eigenvalue weighted by Gasteiger charge is -2.11. The molecule has 17 heavy (non-hydrogen) atoms. The number of likely N-dealkylation sites (tertiary alicyclic amines) is 1. The van der Waals surface area contributed by atoms with Crippen molar-refractivity contribution < 1.29 is 23.9 Å². The number of rotatable bonds is 4. The molecule has 94 valence electrons. The van der Waals surface area contributed by atoms with Gasteiger partial charge in [0.05, 0.1) is 18.9 Å². The highest BCUT2D eigenvalue weighted by atomic mass is 16.5. The second-order valence-corrected chi connectivity index (χ2v) is 3.94. The van der Waals surface area contributed by atoms with Gasteiger partial charge in [0.25, 0.3) is 0 Å². The Bertz CT molecular complexity index is 376. The highest BCUT2D eigenvalue weighted by Crippen LogP contribution is 2.29. The largest absolute Gasteiger partial charge is 0.466 e. The van der Waals surface area contributed by atoms with Crippen molar-refractivity contribution in [1.29, 1.82) is 0 Å². The number of Topliss-reactive ketones (excluding diaryl/α,β-unsaturated/α-hetero) is 1. The summed E-state index contributed by atoms with van der Waals surface area (Å²) in [5.74, 6) is -3.97. The number of esters is 1. The molecule has 6 nitrogen and oxygen atoms in total. The smallest absolute Gasteiger partial charge is 0.306 e. The first kappa shape index (κ1) is 13.3. The average molecular weight is 241 g/mol. The summed E-state index contributed by atoms with van der Waals surface area (Å²) >= 11 is 0. The Morgan fingerprint density at radius 1 is 1.29 bits per heavy atom. The molecule has 0 bridgehead atoms. The minimum Gasteiger partial charge on any atom is -0.466 e. The number of ketones is 1. The summed E-state index contributed by atoms with van der Waals surface area (Å²) in [6.45, 7) is 3.09. The summed E-state index contributed by atoms with van der Waals surface area (Å²) in [6, 6.07) is 0. The van der Waals surface area contributed by atoms with Gasteiger partial charge in [-0.2, -0.15) is 0 Å². The van der Waals surface area contributed by atoms with Crippen LogP contribution in [0.15, 0.2) is 0 Å². The molecule has 0 aromatic carbocycles. The molecular weight excluding hydrogens is 226 g/mol. The van der Waals surface area contributed by atoms with Crippen LogP contribution >= 0.6 is 0 Å². The molecule has 2 amide bonds. The predicted molar refractivity (Wildman–Crippen MR) is 56.7 cm³/mol. The fourth-order valence-corrected chi connectivity index (χ4v) is 1.94. The molecule has 0 saturated carbocycles. The fourth-order valence-electron chi connectivity index (χ4n) is 1.94. The van der Waals surface area contributed by atoms with Crippen LogP contribution in [0.2, 0.25) is 0 Å². The first-order valence-corrected chi connectivity index (χ1v) is 5.37. The van der Waals surface area contributed by atoms with E-state index in [9.17, 15) is 19.2 Å². The van der Waals surface area contributed by atoms with Crippen LogP contribution in [-0.4, -0.2) is 42.1 Å². The minimum atomic E-state index is -1.04. The van der Waals surface area contributed by atoms with Gasteiger partial charge in [0.2, 0.25) is 11.8 Å². The van der Waals surface area contributed by atoms with Crippen LogP contribution in [0.5, 0.6) is 0 Å². The maximum Gasteiger partial charge on any atom is 0.306 e. The molecule has 1 fully saturated rings.